The van der Waals surface area contributed by atoms with Crippen LogP contribution in [-0.4, -0.2) is 18.6 Å². The smallest absolute Gasteiger partial charge is 0.258 e. The third-order valence-electron chi connectivity index (χ3n) is 2.47. The summed E-state index contributed by atoms with van der Waals surface area (Å²) in [5, 5.41) is 3.32. The molecule has 4 nitrogen and oxygen atoms in total. The first-order chi connectivity index (χ1) is 8.54. The molecule has 0 aliphatic heterocycles. The summed E-state index contributed by atoms with van der Waals surface area (Å²) in [7, 11) is 0. The fourth-order valence-electron chi connectivity index (χ4n) is 1.42. The fourth-order valence-corrected chi connectivity index (χ4v) is 1.81. The molecule has 5 heteroatoms. The molecule has 0 aliphatic carbocycles. The fraction of sp³-hybridized carbons (Fsp3) is 0.462. The van der Waals surface area contributed by atoms with E-state index in [1.54, 1.807) is 6.92 Å². The SMILES string of the molecule is CCCNCc1cc(OC(C)C(N)=O)ccc1Br. The van der Waals surface area contributed by atoms with Gasteiger partial charge in [0.2, 0.25) is 0 Å². The molecule has 18 heavy (non-hydrogen) atoms. The van der Waals surface area contributed by atoms with E-state index in [4.69, 9.17) is 10.5 Å². The number of amides is 1. The molecule has 0 fully saturated rings. The lowest BCUT2D eigenvalue weighted by molar-refractivity contribution is -0.123. The van der Waals surface area contributed by atoms with E-state index in [1.807, 2.05) is 18.2 Å². The maximum Gasteiger partial charge on any atom is 0.258 e. The number of benzene rings is 1. The van der Waals surface area contributed by atoms with Gasteiger partial charge in [0.1, 0.15) is 5.75 Å². The Bertz CT molecular complexity index is 410. The molecule has 0 saturated heterocycles. The summed E-state index contributed by atoms with van der Waals surface area (Å²) in [4.78, 5) is 10.9. The molecule has 1 atom stereocenters. The van der Waals surface area contributed by atoms with Crippen molar-refractivity contribution >= 4 is 21.8 Å². The molecule has 0 heterocycles. The zero-order valence-corrected chi connectivity index (χ0v) is 12.3. The molecule has 1 rings (SSSR count). The van der Waals surface area contributed by atoms with Crippen molar-refractivity contribution in [1.29, 1.82) is 0 Å². The average molecular weight is 315 g/mol. The quantitative estimate of drug-likeness (QED) is 0.758. The summed E-state index contributed by atoms with van der Waals surface area (Å²) in [5.41, 5.74) is 6.26. The summed E-state index contributed by atoms with van der Waals surface area (Å²) >= 11 is 3.49. The Morgan fingerprint density at radius 3 is 2.89 bits per heavy atom. The second-order valence-electron chi connectivity index (χ2n) is 4.09. The zero-order chi connectivity index (χ0) is 13.5. The third-order valence-corrected chi connectivity index (χ3v) is 3.25. The second-order valence-corrected chi connectivity index (χ2v) is 4.95. The summed E-state index contributed by atoms with van der Waals surface area (Å²) < 4.78 is 6.47. The lowest BCUT2D eigenvalue weighted by Crippen LogP contribution is -2.30. The predicted octanol–water partition coefficient (Wildman–Crippen LogP) is 2.20. The van der Waals surface area contributed by atoms with Crippen LogP contribution in [0.5, 0.6) is 5.75 Å². The molecule has 3 N–H and O–H groups in total. The van der Waals surface area contributed by atoms with Crippen molar-refractivity contribution in [3.63, 3.8) is 0 Å². The Kier molecular flexibility index (Phi) is 6.15. The normalized spacial score (nSPS) is 12.2. The molecule has 0 radical (unpaired) electrons. The Labute approximate surface area is 116 Å². The van der Waals surface area contributed by atoms with Crippen LogP contribution in [-0.2, 0) is 11.3 Å². The van der Waals surface area contributed by atoms with Gasteiger partial charge < -0.3 is 15.8 Å². The number of halogens is 1. The van der Waals surface area contributed by atoms with Gasteiger partial charge in [0.05, 0.1) is 0 Å². The second kappa shape index (κ2) is 7.38. The van der Waals surface area contributed by atoms with Gasteiger partial charge in [0.15, 0.2) is 6.10 Å². The minimum atomic E-state index is -0.623. The predicted molar refractivity (Wildman–Crippen MR) is 75.4 cm³/mol. The van der Waals surface area contributed by atoms with Gasteiger partial charge >= 0.3 is 0 Å². The van der Waals surface area contributed by atoms with Gasteiger partial charge in [-0.15, -0.1) is 0 Å². The van der Waals surface area contributed by atoms with Crippen molar-refractivity contribution in [2.24, 2.45) is 5.73 Å². The van der Waals surface area contributed by atoms with Crippen molar-refractivity contribution in [2.45, 2.75) is 32.9 Å². The average Bonchev–Trinajstić information content (AvgIpc) is 2.33. The third kappa shape index (κ3) is 4.66. The first-order valence-corrected chi connectivity index (χ1v) is 6.79. The van der Waals surface area contributed by atoms with Gasteiger partial charge in [-0.2, -0.15) is 0 Å². The molecular weight excluding hydrogens is 296 g/mol. The maximum absolute atomic E-state index is 10.9. The minimum absolute atomic E-state index is 0.469. The van der Waals surface area contributed by atoms with E-state index in [0.717, 1.165) is 29.5 Å². The molecular formula is C13H19BrN2O2. The summed E-state index contributed by atoms with van der Waals surface area (Å²) in [6.07, 6.45) is 0.467. The van der Waals surface area contributed by atoms with Crippen LogP contribution in [0.25, 0.3) is 0 Å². The first-order valence-electron chi connectivity index (χ1n) is 5.99. The topological polar surface area (TPSA) is 64.3 Å². The van der Waals surface area contributed by atoms with Crippen LogP contribution in [0.4, 0.5) is 0 Å². The highest BCUT2D eigenvalue weighted by molar-refractivity contribution is 9.10. The molecule has 1 aromatic carbocycles. The minimum Gasteiger partial charge on any atom is -0.481 e. The number of carbonyl (C=O) groups excluding carboxylic acids is 1. The van der Waals surface area contributed by atoms with E-state index in [1.165, 1.54) is 0 Å². The molecule has 0 bridgehead atoms. The van der Waals surface area contributed by atoms with Gasteiger partial charge in [-0.1, -0.05) is 22.9 Å². The number of hydrogen-bond donors (Lipinski definition) is 2. The highest BCUT2D eigenvalue weighted by Crippen LogP contribution is 2.23. The number of ether oxygens (including phenoxy) is 1. The summed E-state index contributed by atoms with van der Waals surface area (Å²) in [5.74, 6) is 0.182. The Morgan fingerprint density at radius 2 is 2.28 bits per heavy atom. The highest BCUT2D eigenvalue weighted by Gasteiger charge is 2.11. The first kappa shape index (κ1) is 15.0. The van der Waals surface area contributed by atoms with Gasteiger partial charge in [-0.3, -0.25) is 4.79 Å². The number of nitrogens with two attached hydrogens (primary N) is 1. The van der Waals surface area contributed by atoms with E-state index < -0.39 is 12.0 Å². The van der Waals surface area contributed by atoms with E-state index in [-0.39, 0.29) is 0 Å². The zero-order valence-electron chi connectivity index (χ0n) is 10.7. The number of nitrogens with one attached hydrogen (secondary N) is 1. The standard InChI is InChI=1S/C13H19BrN2O2/c1-3-6-16-8-10-7-11(4-5-12(10)14)18-9(2)13(15)17/h4-5,7,9,16H,3,6,8H2,1-2H3,(H2,15,17). The Morgan fingerprint density at radius 1 is 1.56 bits per heavy atom. The van der Waals surface area contributed by atoms with Gasteiger partial charge in [0, 0.05) is 11.0 Å². The molecule has 0 saturated carbocycles. The highest BCUT2D eigenvalue weighted by atomic mass is 79.9. The number of primary amides is 1. The molecule has 1 unspecified atom stereocenters. The van der Waals surface area contributed by atoms with Crippen LogP contribution in [0.1, 0.15) is 25.8 Å². The molecule has 0 spiro atoms. The lowest BCUT2D eigenvalue weighted by Gasteiger charge is -2.13. The van der Waals surface area contributed by atoms with E-state index in [9.17, 15) is 4.79 Å². The van der Waals surface area contributed by atoms with Crippen molar-refractivity contribution in [1.82, 2.24) is 5.32 Å². The summed E-state index contributed by atoms with van der Waals surface area (Å²) in [6.45, 7) is 5.49. The largest absolute Gasteiger partial charge is 0.481 e. The monoisotopic (exact) mass is 314 g/mol. The van der Waals surface area contributed by atoms with Crippen LogP contribution in [0.15, 0.2) is 22.7 Å². The van der Waals surface area contributed by atoms with E-state index in [0.29, 0.717) is 5.75 Å². The van der Waals surface area contributed by atoms with Crippen molar-refractivity contribution in [2.75, 3.05) is 6.54 Å². The number of rotatable bonds is 7. The van der Waals surface area contributed by atoms with Crippen LogP contribution in [0, 0.1) is 0 Å². The van der Waals surface area contributed by atoms with E-state index >= 15 is 0 Å². The van der Waals surface area contributed by atoms with Crippen molar-refractivity contribution in [3.05, 3.63) is 28.2 Å². The lowest BCUT2D eigenvalue weighted by atomic mass is 10.2. The molecule has 0 aliphatic rings. The summed E-state index contributed by atoms with van der Waals surface area (Å²) in [6, 6.07) is 5.63. The van der Waals surface area contributed by atoms with Crippen LogP contribution in [0.3, 0.4) is 0 Å². The Hall–Kier alpha value is -1.07. The van der Waals surface area contributed by atoms with Crippen molar-refractivity contribution in [3.8, 4) is 5.75 Å². The number of carbonyl (C=O) groups is 1. The Balaban J connectivity index is 2.70. The molecule has 100 valence electrons. The number of hydrogen-bond acceptors (Lipinski definition) is 3. The van der Waals surface area contributed by atoms with Crippen LogP contribution < -0.4 is 15.8 Å². The van der Waals surface area contributed by atoms with Crippen molar-refractivity contribution < 1.29 is 9.53 Å². The maximum atomic E-state index is 10.9. The molecule has 1 aromatic rings. The molecule has 1 amide bonds. The van der Waals surface area contributed by atoms with E-state index in [2.05, 4.69) is 28.2 Å². The van der Waals surface area contributed by atoms with Gasteiger partial charge in [-0.25, -0.2) is 0 Å². The van der Waals surface area contributed by atoms with Crippen LogP contribution >= 0.6 is 15.9 Å². The van der Waals surface area contributed by atoms with Gasteiger partial charge in [0.25, 0.3) is 5.91 Å². The van der Waals surface area contributed by atoms with Gasteiger partial charge in [-0.05, 0) is 43.7 Å². The molecule has 0 aromatic heterocycles. The van der Waals surface area contributed by atoms with Crippen LogP contribution in [0.2, 0.25) is 0 Å².